The summed E-state index contributed by atoms with van der Waals surface area (Å²) < 4.78 is 5.67. The van der Waals surface area contributed by atoms with E-state index in [9.17, 15) is 9.59 Å². The van der Waals surface area contributed by atoms with Gasteiger partial charge >= 0.3 is 6.09 Å². The number of rotatable bonds is 2. The summed E-state index contributed by atoms with van der Waals surface area (Å²) in [6.07, 6.45) is 3.12. The lowest BCUT2D eigenvalue weighted by Crippen LogP contribution is -2.54. The van der Waals surface area contributed by atoms with Crippen LogP contribution in [0.1, 0.15) is 61.9 Å². The number of nitrogens with zero attached hydrogens (tertiary/aromatic N) is 2. The summed E-state index contributed by atoms with van der Waals surface area (Å²) in [6.45, 7) is 5.94. The van der Waals surface area contributed by atoms with Gasteiger partial charge in [-0.25, -0.2) is 4.79 Å². The zero-order valence-corrected chi connectivity index (χ0v) is 18.9. The van der Waals surface area contributed by atoms with Gasteiger partial charge in [0, 0.05) is 13.5 Å². The SMILES string of the molecule is CN(C(=O)C1Cc2ccccc2CN1C(=O)OC(C)(C)C)C1CCCc2ccccc21. The summed E-state index contributed by atoms with van der Waals surface area (Å²) in [6, 6.07) is 15.9. The molecule has 0 spiro atoms. The van der Waals surface area contributed by atoms with Gasteiger partial charge in [-0.2, -0.15) is 0 Å². The Morgan fingerprint density at radius 1 is 1.00 bits per heavy atom. The maximum absolute atomic E-state index is 13.8. The number of carbonyl (C=O) groups is 2. The maximum atomic E-state index is 13.8. The largest absolute Gasteiger partial charge is 0.444 e. The average Bonchev–Trinajstić information content (AvgIpc) is 2.75. The molecule has 0 saturated carbocycles. The Bertz CT molecular complexity index is 979. The molecule has 0 aromatic heterocycles. The van der Waals surface area contributed by atoms with Crippen molar-refractivity contribution in [3.05, 3.63) is 70.8 Å². The summed E-state index contributed by atoms with van der Waals surface area (Å²) >= 11 is 0. The van der Waals surface area contributed by atoms with E-state index >= 15 is 0 Å². The number of carbonyl (C=O) groups excluding carboxylic acids is 2. The first kappa shape index (κ1) is 21.4. The molecule has 0 fully saturated rings. The van der Waals surface area contributed by atoms with Gasteiger partial charge in [-0.3, -0.25) is 9.69 Å². The average molecular weight is 421 g/mol. The van der Waals surface area contributed by atoms with Gasteiger partial charge in [-0.1, -0.05) is 48.5 Å². The van der Waals surface area contributed by atoms with Crippen molar-refractivity contribution in [1.82, 2.24) is 9.80 Å². The number of benzene rings is 2. The van der Waals surface area contributed by atoms with Crippen molar-refractivity contribution in [2.45, 2.75) is 70.7 Å². The summed E-state index contributed by atoms with van der Waals surface area (Å²) in [5.74, 6) is -0.0259. The van der Waals surface area contributed by atoms with Crippen LogP contribution in [0.4, 0.5) is 4.79 Å². The molecule has 0 N–H and O–H groups in total. The van der Waals surface area contributed by atoms with Crippen LogP contribution in [0.25, 0.3) is 0 Å². The molecule has 5 nitrogen and oxygen atoms in total. The van der Waals surface area contributed by atoms with Crippen LogP contribution in [-0.2, 0) is 28.9 Å². The number of likely N-dealkylation sites (N-methyl/N-ethyl adjacent to an activating group) is 1. The standard InChI is InChI=1S/C26H32N2O3/c1-26(2,3)31-25(30)28-17-20-12-6-5-11-19(20)16-23(28)24(29)27(4)22-15-9-13-18-10-7-8-14-21(18)22/h5-8,10-12,14,22-23H,9,13,15-17H2,1-4H3. The van der Waals surface area contributed by atoms with E-state index in [2.05, 4.69) is 24.3 Å². The molecule has 2 atom stereocenters. The fraction of sp³-hybridized carbons (Fsp3) is 0.462. The molecule has 0 bridgehead atoms. The van der Waals surface area contributed by atoms with Gasteiger partial charge in [-0.05, 0) is 62.3 Å². The molecule has 1 aliphatic heterocycles. The van der Waals surface area contributed by atoms with Gasteiger partial charge in [0.15, 0.2) is 0 Å². The minimum Gasteiger partial charge on any atom is -0.444 e. The second-order valence-corrected chi connectivity index (χ2v) is 9.65. The smallest absolute Gasteiger partial charge is 0.411 e. The van der Waals surface area contributed by atoms with Crippen LogP contribution in [0.5, 0.6) is 0 Å². The van der Waals surface area contributed by atoms with Crippen molar-refractivity contribution in [2.24, 2.45) is 0 Å². The summed E-state index contributed by atoms with van der Waals surface area (Å²) in [5.41, 5.74) is 4.12. The minimum absolute atomic E-state index is 0.0259. The van der Waals surface area contributed by atoms with E-state index < -0.39 is 17.7 Å². The number of hydrogen-bond donors (Lipinski definition) is 0. The molecule has 2 aromatic rings. The number of aryl methyl sites for hydroxylation is 1. The second kappa shape index (κ2) is 8.37. The lowest BCUT2D eigenvalue weighted by molar-refractivity contribution is -0.138. The Morgan fingerprint density at radius 2 is 1.65 bits per heavy atom. The molecule has 2 amide bonds. The van der Waals surface area contributed by atoms with Gasteiger partial charge in [0.2, 0.25) is 5.91 Å². The van der Waals surface area contributed by atoms with Gasteiger partial charge in [0.05, 0.1) is 12.6 Å². The Morgan fingerprint density at radius 3 is 2.35 bits per heavy atom. The van der Waals surface area contributed by atoms with E-state index in [1.807, 2.05) is 57.0 Å². The van der Waals surface area contributed by atoms with E-state index in [1.54, 1.807) is 4.90 Å². The third kappa shape index (κ3) is 4.46. The molecule has 2 unspecified atom stereocenters. The highest BCUT2D eigenvalue weighted by atomic mass is 16.6. The van der Waals surface area contributed by atoms with Gasteiger partial charge in [0.1, 0.15) is 11.6 Å². The zero-order chi connectivity index (χ0) is 22.2. The Labute approximate surface area is 185 Å². The van der Waals surface area contributed by atoms with Crippen LogP contribution in [0.3, 0.4) is 0 Å². The van der Waals surface area contributed by atoms with Gasteiger partial charge in [-0.15, -0.1) is 0 Å². The third-order valence-corrected chi connectivity index (χ3v) is 6.31. The monoisotopic (exact) mass is 420 g/mol. The second-order valence-electron chi connectivity index (χ2n) is 9.65. The van der Waals surface area contributed by atoms with E-state index in [0.29, 0.717) is 13.0 Å². The Hall–Kier alpha value is -2.82. The molecule has 1 aliphatic carbocycles. The molecule has 0 saturated heterocycles. The van der Waals surface area contributed by atoms with E-state index in [1.165, 1.54) is 11.1 Å². The van der Waals surface area contributed by atoms with Crippen LogP contribution in [0.2, 0.25) is 0 Å². The first-order valence-corrected chi connectivity index (χ1v) is 11.2. The van der Waals surface area contributed by atoms with Crippen molar-refractivity contribution in [3.8, 4) is 0 Å². The van der Waals surface area contributed by atoms with Crippen molar-refractivity contribution in [2.75, 3.05) is 7.05 Å². The zero-order valence-electron chi connectivity index (χ0n) is 18.9. The van der Waals surface area contributed by atoms with Crippen molar-refractivity contribution in [3.63, 3.8) is 0 Å². The normalized spacial score (nSPS) is 20.5. The Kier molecular flexibility index (Phi) is 5.78. The molecular weight excluding hydrogens is 388 g/mol. The van der Waals surface area contributed by atoms with Crippen LogP contribution >= 0.6 is 0 Å². The van der Waals surface area contributed by atoms with Crippen LogP contribution in [0, 0.1) is 0 Å². The third-order valence-electron chi connectivity index (χ3n) is 6.31. The van der Waals surface area contributed by atoms with Crippen LogP contribution < -0.4 is 0 Å². The first-order valence-electron chi connectivity index (χ1n) is 11.2. The van der Waals surface area contributed by atoms with Gasteiger partial charge < -0.3 is 9.64 Å². The topological polar surface area (TPSA) is 49.9 Å². The number of fused-ring (bicyclic) bond motifs is 2. The lowest BCUT2D eigenvalue weighted by Gasteiger charge is -2.41. The van der Waals surface area contributed by atoms with Crippen molar-refractivity contribution >= 4 is 12.0 Å². The fourth-order valence-electron chi connectivity index (χ4n) is 4.78. The molecular formula is C26H32N2O3. The van der Waals surface area contributed by atoms with Crippen LogP contribution in [-0.4, -0.2) is 40.5 Å². The molecule has 4 rings (SSSR count). The highest BCUT2D eigenvalue weighted by molar-refractivity contribution is 5.87. The fourth-order valence-corrected chi connectivity index (χ4v) is 4.78. The molecule has 5 heteroatoms. The number of amides is 2. The maximum Gasteiger partial charge on any atom is 0.411 e. The molecule has 0 radical (unpaired) electrons. The minimum atomic E-state index is -0.615. The summed E-state index contributed by atoms with van der Waals surface area (Å²) in [5, 5.41) is 0. The predicted molar refractivity (Wildman–Crippen MR) is 121 cm³/mol. The molecule has 2 aliphatic rings. The molecule has 164 valence electrons. The quantitative estimate of drug-likeness (QED) is 0.695. The Balaban J connectivity index is 1.63. The lowest BCUT2D eigenvalue weighted by atomic mass is 9.86. The molecule has 31 heavy (non-hydrogen) atoms. The predicted octanol–water partition coefficient (Wildman–Crippen LogP) is 4.88. The highest BCUT2D eigenvalue weighted by Gasteiger charge is 2.40. The summed E-state index contributed by atoms with van der Waals surface area (Å²) in [4.78, 5) is 30.3. The van der Waals surface area contributed by atoms with E-state index in [4.69, 9.17) is 4.74 Å². The number of hydrogen-bond acceptors (Lipinski definition) is 3. The van der Waals surface area contributed by atoms with E-state index in [-0.39, 0.29) is 11.9 Å². The number of ether oxygens (including phenoxy) is 1. The van der Waals surface area contributed by atoms with E-state index in [0.717, 1.165) is 30.4 Å². The van der Waals surface area contributed by atoms with Crippen molar-refractivity contribution in [1.29, 1.82) is 0 Å². The molecule has 1 heterocycles. The van der Waals surface area contributed by atoms with Gasteiger partial charge in [0.25, 0.3) is 0 Å². The highest BCUT2D eigenvalue weighted by Crippen LogP contribution is 2.35. The molecule has 2 aromatic carbocycles. The van der Waals surface area contributed by atoms with Crippen LogP contribution in [0.15, 0.2) is 48.5 Å². The van der Waals surface area contributed by atoms with Crippen molar-refractivity contribution < 1.29 is 14.3 Å². The summed E-state index contributed by atoms with van der Waals surface area (Å²) in [7, 11) is 1.88. The first-order chi connectivity index (χ1) is 14.7.